The molecule has 0 aromatic heterocycles. The molecule has 0 bridgehead atoms. The van der Waals surface area contributed by atoms with E-state index in [1.807, 2.05) is 4.90 Å². The molecule has 6 aliphatic rings. The summed E-state index contributed by atoms with van der Waals surface area (Å²) in [5, 5.41) is 20.2. The standard InChI is InChI=1S/C41H65N3O6.C2HF3O2/c1-24(2)32-27(45)22-41(43-35(49)44-20-14-25(42)15-21-44)19-18-39(8)26(33(32)41)10-11-29-38(7)16-13-30(50-31(46)23-36(3,4)34(47)48)37(5,6)28(38)12-17-40(29,39)9;3-2(4,5)1(6)7/h24-26,28-30H,10-23,42H2,1-9H3,(H,43,49)(H,47,48);(H,6,7)/t26-,28+,29-,30+,38+,39-,40-,41-;/m1./s1. The average molecular weight is 810 g/mol. The highest BCUT2D eigenvalue weighted by Gasteiger charge is 2.70. The van der Waals surface area contributed by atoms with Crippen molar-refractivity contribution in [2.75, 3.05) is 13.1 Å². The highest BCUT2D eigenvalue weighted by atomic mass is 19.4. The number of carboxylic acids is 2. The number of halogens is 3. The maximum absolute atomic E-state index is 14.0. The molecule has 1 aliphatic heterocycles. The molecule has 0 radical (unpaired) electrons. The maximum Gasteiger partial charge on any atom is 0.490 e. The van der Waals surface area contributed by atoms with E-state index >= 15 is 0 Å². The van der Waals surface area contributed by atoms with Gasteiger partial charge in [-0.2, -0.15) is 13.2 Å². The Balaban J connectivity index is 0.000000811. The van der Waals surface area contributed by atoms with Gasteiger partial charge in [0.25, 0.3) is 0 Å². The van der Waals surface area contributed by atoms with Crippen LogP contribution in [0.1, 0.15) is 139 Å². The molecule has 6 rings (SSSR count). The zero-order valence-corrected chi connectivity index (χ0v) is 35.4. The molecule has 4 saturated carbocycles. The van der Waals surface area contributed by atoms with Gasteiger partial charge in [-0.15, -0.1) is 0 Å². The summed E-state index contributed by atoms with van der Waals surface area (Å²) in [6, 6.07) is 0.0957. The van der Waals surface area contributed by atoms with Crippen LogP contribution in [0, 0.1) is 50.7 Å². The molecule has 5 aliphatic carbocycles. The number of esters is 1. The molecule has 322 valence electrons. The highest BCUT2D eigenvalue weighted by molar-refractivity contribution is 6.02. The van der Waals surface area contributed by atoms with Crippen LogP contribution in [0.25, 0.3) is 0 Å². The fourth-order valence-corrected chi connectivity index (χ4v) is 13.0. The number of carbonyl (C=O) groups is 5. The van der Waals surface area contributed by atoms with E-state index < -0.39 is 35.0 Å². The summed E-state index contributed by atoms with van der Waals surface area (Å²) in [5.74, 6) is -2.77. The molecule has 5 N–H and O–H groups in total. The third-order valence-electron chi connectivity index (χ3n) is 16.2. The molecule has 0 aromatic rings. The Morgan fingerprint density at radius 3 is 2.00 bits per heavy atom. The van der Waals surface area contributed by atoms with E-state index in [0.29, 0.717) is 31.3 Å². The first-order chi connectivity index (χ1) is 26.1. The topological polar surface area (TPSA) is 176 Å². The minimum Gasteiger partial charge on any atom is -0.481 e. The van der Waals surface area contributed by atoms with Gasteiger partial charge in [0.15, 0.2) is 5.78 Å². The number of fused-ring (bicyclic) bond motifs is 7. The van der Waals surface area contributed by atoms with E-state index in [0.717, 1.165) is 69.8 Å². The molecule has 11 nitrogen and oxygen atoms in total. The fourth-order valence-electron chi connectivity index (χ4n) is 13.0. The van der Waals surface area contributed by atoms with Crippen LogP contribution in [0.5, 0.6) is 0 Å². The van der Waals surface area contributed by atoms with Crippen LogP contribution in [0.3, 0.4) is 0 Å². The first-order valence-corrected chi connectivity index (χ1v) is 20.9. The number of hydrogen-bond donors (Lipinski definition) is 4. The molecule has 8 atom stereocenters. The molecule has 2 amide bonds. The van der Waals surface area contributed by atoms with Gasteiger partial charge in [-0.3, -0.25) is 14.4 Å². The van der Waals surface area contributed by atoms with Crippen molar-refractivity contribution in [3.05, 3.63) is 11.1 Å². The van der Waals surface area contributed by atoms with Crippen LogP contribution < -0.4 is 11.1 Å². The van der Waals surface area contributed by atoms with Gasteiger partial charge >= 0.3 is 30.1 Å². The lowest BCUT2D eigenvalue weighted by molar-refractivity contribution is -0.232. The summed E-state index contributed by atoms with van der Waals surface area (Å²) < 4.78 is 37.9. The molecule has 1 saturated heterocycles. The largest absolute Gasteiger partial charge is 0.490 e. The number of Topliss-reactive ketones (excluding diaryl/α,β-unsaturated/α-hetero) is 1. The molecule has 57 heavy (non-hydrogen) atoms. The summed E-state index contributed by atoms with van der Waals surface area (Å²) in [4.78, 5) is 63.4. The predicted octanol–water partition coefficient (Wildman–Crippen LogP) is 7.90. The molecular formula is C43H66F3N3O8. The first-order valence-electron chi connectivity index (χ1n) is 20.9. The molecule has 0 spiro atoms. The van der Waals surface area contributed by atoms with E-state index in [1.165, 1.54) is 5.57 Å². The number of alkyl halides is 3. The molecule has 5 fully saturated rings. The zero-order valence-electron chi connectivity index (χ0n) is 35.4. The number of piperidine rings is 1. The zero-order chi connectivity index (χ0) is 42.9. The Morgan fingerprint density at radius 1 is 0.860 bits per heavy atom. The lowest BCUT2D eigenvalue weighted by atomic mass is 9.33. The number of hydrogen-bond acceptors (Lipinski definition) is 7. The van der Waals surface area contributed by atoms with Crippen LogP contribution in [0.4, 0.5) is 18.0 Å². The van der Waals surface area contributed by atoms with Crippen molar-refractivity contribution >= 4 is 29.7 Å². The number of nitrogens with zero attached hydrogens (tertiary/aromatic N) is 1. The van der Waals surface area contributed by atoms with E-state index in [2.05, 4.69) is 53.8 Å². The quantitative estimate of drug-likeness (QED) is 0.194. The number of nitrogens with two attached hydrogens (primary N) is 1. The van der Waals surface area contributed by atoms with Gasteiger partial charge in [-0.25, -0.2) is 9.59 Å². The Kier molecular flexibility index (Phi) is 11.9. The number of rotatable bonds is 6. The Morgan fingerprint density at radius 2 is 1.46 bits per heavy atom. The molecule has 14 heteroatoms. The number of carbonyl (C=O) groups excluding carboxylic acids is 3. The Hall–Kier alpha value is -3.16. The van der Waals surface area contributed by atoms with Crippen LogP contribution in [-0.4, -0.2) is 81.8 Å². The summed E-state index contributed by atoms with van der Waals surface area (Å²) >= 11 is 0. The number of amides is 2. The smallest absolute Gasteiger partial charge is 0.481 e. The highest BCUT2D eigenvalue weighted by Crippen LogP contribution is 2.76. The van der Waals surface area contributed by atoms with Crippen LogP contribution in [0.15, 0.2) is 11.1 Å². The van der Waals surface area contributed by atoms with Crippen molar-refractivity contribution in [1.82, 2.24) is 10.2 Å². The monoisotopic (exact) mass is 809 g/mol. The van der Waals surface area contributed by atoms with Crippen molar-refractivity contribution in [3.63, 3.8) is 0 Å². The van der Waals surface area contributed by atoms with E-state index in [4.69, 9.17) is 20.4 Å². The predicted molar refractivity (Wildman–Crippen MR) is 207 cm³/mol. The Labute approximate surface area is 335 Å². The van der Waals surface area contributed by atoms with Gasteiger partial charge in [0, 0.05) is 31.0 Å². The van der Waals surface area contributed by atoms with Crippen LogP contribution in [-0.2, 0) is 23.9 Å². The van der Waals surface area contributed by atoms with Crippen LogP contribution in [0.2, 0.25) is 0 Å². The van der Waals surface area contributed by atoms with Crippen LogP contribution >= 0.6 is 0 Å². The number of carboxylic acid groups (broad SMARTS) is 2. The second-order valence-electron chi connectivity index (χ2n) is 20.5. The molecule has 0 unspecified atom stereocenters. The summed E-state index contributed by atoms with van der Waals surface area (Å²) in [7, 11) is 0. The number of likely N-dealkylation sites (tertiary alicyclic amines) is 1. The number of allylic oxidation sites excluding steroid dienone is 1. The number of aliphatic carboxylic acids is 2. The van der Waals surface area contributed by atoms with Gasteiger partial charge in [0.2, 0.25) is 0 Å². The first kappa shape index (κ1) is 44.9. The second kappa shape index (κ2) is 15.1. The number of ketones is 1. The minimum atomic E-state index is -5.08. The van der Waals surface area contributed by atoms with Crippen molar-refractivity contribution in [2.24, 2.45) is 56.5 Å². The molecule has 1 heterocycles. The molecular weight excluding hydrogens is 743 g/mol. The van der Waals surface area contributed by atoms with Crippen molar-refractivity contribution in [2.45, 2.75) is 163 Å². The summed E-state index contributed by atoms with van der Waals surface area (Å²) in [6.07, 6.45) is 4.24. The Bertz CT molecular complexity index is 1670. The van der Waals surface area contributed by atoms with Gasteiger partial charge in [0.05, 0.1) is 17.4 Å². The summed E-state index contributed by atoms with van der Waals surface area (Å²) in [6.45, 7) is 20.9. The van der Waals surface area contributed by atoms with Crippen molar-refractivity contribution in [3.8, 4) is 0 Å². The number of urea groups is 1. The lowest BCUT2D eigenvalue weighted by Crippen LogP contribution is -2.67. The van der Waals surface area contributed by atoms with Gasteiger partial charge in [-0.1, -0.05) is 48.5 Å². The summed E-state index contributed by atoms with van der Waals surface area (Å²) in [5.41, 5.74) is 6.45. The van der Waals surface area contributed by atoms with Gasteiger partial charge in [-0.05, 0) is 129 Å². The third-order valence-corrected chi connectivity index (χ3v) is 16.2. The van der Waals surface area contributed by atoms with E-state index in [9.17, 15) is 37.5 Å². The van der Waals surface area contributed by atoms with E-state index in [1.54, 1.807) is 13.8 Å². The van der Waals surface area contributed by atoms with E-state index in [-0.39, 0.29) is 63.9 Å². The normalized spacial score (nSPS) is 36.5. The van der Waals surface area contributed by atoms with Gasteiger partial charge < -0.3 is 30.9 Å². The van der Waals surface area contributed by atoms with Gasteiger partial charge in [0.1, 0.15) is 6.10 Å². The lowest BCUT2D eigenvalue weighted by Gasteiger charge is -2.72. The number of ether oxygens (including phenoxy) is 1. The third kappa shape index (κ3) is 7.74. The average Bonchev–Trinajstić information content (AvgIpc) is 3.38. The fraction of sp³-hybridized carbons (Fsp3) is 0.837. The van der Waals surface area contributed by atoms with Crippen molar-refractivity contribution in [1.29, 1.82) is 0 Å². The SMILES string of the molecule is CC(C)C1=C2[C@H]3CC[C@@H]4[C@@]5(C)CC[C@H](OC(=O)CC(C)(C)C(=O)O)C(C)(C)[C@@H]5CC[C@@]4(C)[C@]3(C)CC[C@@]2(NC(=O)N2CCC(N)CC2)CC1=O.O=C(O)C(F)(F)F. The minimum absolute atomic E-state index is 0.0218. The molecule has 0 aromatic carbocycles. The maximum atomic E-state index is 14.0. The second-order valence-corrected chi connectivity index (χ2v) is 20.5. The number of nitrogens with one attached hydrogen (secondary N) is 1. The van der Waals surface area contributed by atoms with Crippen molar-refractivity contribution < 1.29 is 52.1 Å².